The minimum atomic E-state index is 0.726. The number of aromatic nitrogens is 2. The molecule has 0 aliphatic carbocycles. The fourth-order valence-electron chi connectivity index (χ4n) is 1.61. The molecule has 0 amide bonds. The fraction of sp³-hybridized carbons (Fsp3) is 0.600. The van der Waals surface area contributed by atoms with Gasteiger partial charge in [-0.15, -0.1) is 0 Å². The Bertz CT molecular complexity index is 259. The molecule has 2 rings (SSSR count). The van der Waals surface area contributed by atoms with E-state index in [1.807, 2.05) is 6.07 Å². The second-order valence-electron chi connectivity index (χ2n) is 3.54. The molecule has 0 saturated carbocycles. The van der Waals surface area contributed by atoms with Crippen molar-refractivity contribution in [2.24, 2.45) is 5.92 Å². The van der Waals surface area contributed by atoms with Crippen molar-refractivity contribution in [3.63, 3.8) is 0 Å². The van der Waals surface area contributed by atoms with Crippen molar-refractivity contribution in [1.82, 2.24) is 9.97 Å². The minimum absolute atomic E-state index is 0.726. The summed E-state index contributed by atoms with van der Waals surface area (Å²) in [5, 5.41) is 3.26. The Kier molecular flexibility index (Phi) is 3.29. The Morgan fingerprint density at radius 1 is 1.57 bits per heavy atom. The molecule has 14 heavy (non-hydrogen) atoms. The van der Waals surface area contributed by atoms with E-state index < -0.39 is 0 Å². The molecule has 1 aliphatic heterocycles. The van der Waals surface area contributed by atoms with Gasteiger partial charge in [0.05, 0.1) is 0 Å². The van der Waals surface area contributed by atoms with Gasteiger partial charge in [-0.3, -0.25) is 0 Å². The van der Waals surface area contributed by atoms with Crippen LogP contribution in [0.4, 0.5) is 5.82 Å². The molecule has 1 aromatic rings. The Morgan fingerprint density at radius 3 is 3.29 bits per heavy atom. The lowest BCUT2D eigenvalue weighted by molar-refractivity contribution is 0.185. The number of hydrogen-bond donors (Lipinski definition) is 1. The lowest BCUT2D eigenvalue weighted by atomic mass is 10.1. The van der Waals surface area contributed by atoms with Gasteiger partial charge in [-0.1, -0.05) is 0 Å². The van der Waals surface area contributed by atoms with Gasteiger partial charge in [0, 0.05) is 26.0 Å². The average molecular weight is 193 g/mol. The molecule has 1 saturated heterocycles. The van der Waals surface area contributed by atoms with Crippen molar-refractivity contribution in [2.75, 3.05) is 25.1 Å². The molecule has 1 atom stereocenters. The van der Waals surface area contributed by atoms with Gasteiger partial charge in [-0.2, -0.15) is 0 Å². The van der Waals surface area contributed by atoms with Gasteiger partial charge < -0.3 is 10.1 Å². The summed E-state index contributed by atoms with van der Waals surface area (Å²) in [5.41, 5.74) is 0. The van der Waals surface area contributed by atoms with Crippen LogP contribution in [0.3, 0.4) is 0 Å². The van der Waals surface area contributed by atoms with Crippen LogP contribution in [-0.4, -0.2) is 29.7 Å². The zero-order valence-corrected chi connectivity index (χ0v) is 8.15. The zero-order valence-electron chi connectivity index (χ0n) is 8.15. The van der Waals surface area contributed by atoms with Crippen LogP contribution >= 0.6 is 0 Å². The van der Waals surface area contributed by atoms with E-state index in [-0.39, 0.29) is 0 Å². The number of rotatable bonds is 4. The number of nitrogens with one attached hydrogen (secondary N) is 1. The molecule has 0 spiro atoms. The fourth-order valence-corrected chi connectivity index (χ4v) is 1.61. The van der Waals surface area contributed by atoms with Crippen LogP contribution in [-0.2, 0) is 4.74 Å². The van der Waals surface area contributed by atoms with Crippen LogP contribution in [0.1, 0.15) is 12.8 Å². The number of ether oxygens (including phenoxy) is 1. The SMILES string of the molecule is c1cc(NCCC2CCOC2)ncn1. The van der Waals surface area contributed by atoms with Crippen molar-refractivity contribution in [1.29, 1.82) is 0 Å². The second kappa shape index (κ2) is 4.91. The Labute approximate surface area is 83.7 Å². The van der Waals surface area contributed by atoms with E-state index in [1.54, 1.807) is 12.5 Å². The van der Waals surface area contributed by atoms with Gasteiger partial charge in [0.25, 0.3) is 0 Å². The van der Waals surface area contributed by atoms with E-state index in [4.69, 9.17) is 4.74 Å². The molecule has 76 valence electrons. The first-order valence-corrected chi connectivity index (χ1v) is 5.03. The van der Waals surface area contributed by atoms with E-state index in [0.29, 0.717) is 0 Å². The smallest absolute Gasteiger partial charge is 0.129 e. The Morgan fingerprint density at radius 2 is 2.57 bits per heavy atom. The standard InChI is InChI=1S/C10H15N3O/c1(9-3-6-14-7-9)5-12-10-2-4-11-8-13-10/h2,4,8-9H,1,3,5-7H2,(H,11,12,13). The molecule has 1 unspecified atom stereocenters. The summed E-state index contributed by atoms with van der Waals surface area (Å²) in [6.07, 6.45) is 5.66. The van der Waals surface area contributed by atoms with Crippen molar-refractivity contribution >= 4 is 5.82 Å². The summed E-state index contributed by atoms with van der Waals surface area (Å²) in [6.45, 7) is 2.81. The van der Waals surface area contributed by atoms with E-state index in [0.717, 1.165) is 37.9 Å². The first-order chi connectivity index (χ1) is 6.95. The highest BCUT2D eigenvalue weighted by Gasteiger charge is 2.14. The highest BCUT2D eigenvalue weighted by molar-refractivity contribution is 5.31. The monoisotopic (exact) mass is 193 g/mol. The molecular formula is C10H15N3O. The molecule has 1 aliphatic rings. The van der Waals surface area contributed by atoms with E-state index in [1.165, 1.54) is 6.42 Å². The Balaban J connectivity index is 1.67. The van der Waals surface area contributed by atoms with E-state index in [9.17, 15) is 0 Å². The van der Waals surface area contributed by atoms with Crippen LogP contribution < -0.4 is 5.32 Å². The van der Waals surface area contributed by atoms with Crippen molar-refractivity contribution < 1.29 is 4.74 Å². The van der Waals surface area contributed by atoms with Crippen molar-refractivity contribution in [2.45, 2.75) is 12.8 Å². The normalized spacial score (nSPS) is 21.0. The molecule has 0 bridgehead atoms. The van der Waals surface area contributed by atoms with E-state index in [2.05, 4.69) is 15.3 Å². The summed E-state index contributed by atoms with van der Waals surface area (Å²) in [6, 6.07) is 1.88. The van der Waals surface area contributed by atoms with E-state index >= 15 is 0 Å². The van der Waals surface area contributed by atoms with Gasteiger partial charge >= 0.3 is 0 Å². The van der Waals surface area contributed by atoms with Crippen LogP contribution in [0, 0.1) is 5.92 Å². The first-order valence-electron chi connectivity index (χ1n) is 5.03. The molecule has 1 aromatic heterocycles. The lowest BCUT2D eigenvalue weighted by Crippen LogP contribution is -2.09. The van der Waals surface area contributed by atoms with Crippen molar-refractivity contribution in [3.05, 3.63) is 18.6 Å². The molecule has 1 N–H and O–H groups in total. The minimum Gasteiger partial charge on any atom is -0.381 e. The lowest BCUT2D eigenvalue weighted by Gasteiger charge is -2.08. The maximum absolute atomic E-state index is 5.31. The van der Waals surface area contributed by atoms with Crippen LogP contribution in [0.2, 0.25) is 0 Å². The quantitative estimate of drug-likeness (QED) is 0.783. The maximum atomic E-state index is 5.31. The van der Waals surface area contributed by atoms with Crippen LogP contribution in [0.5, 0.6) is 0 Å². The summed E-state index contributed by atoms with van der Waals surface area (Å²) in [5.74, 6) is 1.63. The summed E-state index contributed by atoms with van der Waals surface area (Å²) in [7, 11) is 0. The predicted octanol–water partition coefficient (Wildman–Crippen LogP) is 1.32. The van der Waals surface area contributed by atoms with Gasteiger partial charge in [0.1, 0.15) is 12.1 Å². The summed E-state index contributed by atoms with van der Waals surface area (Å²) < 4.78 is 5.31. The Hall–Kier alpha value is -1.16. The molecule has 2 heterocycles. The van der Waals surface area contributed by atoms with Gasteiger partial charge in [0.15, 0.2) is 0 Å². The van der Waals surface area contributed by atoms with Crippen LogP contribution in [0.25, 0.3) is 0 Å². The predicted molar refractivity (Wildman–Crippen MR) is 54.1 cm³/mol. The summed E-state index contributed by atoms with van der Waals surface area (Å²) >= 11 is 0. The largest absolute Gasteiger partial charge is 0.381 e. The molecule has 0 radical (unpaired) electrons. The molecule has 1 fully saturated rings. The average Bonchev–Trinajstić information content (AvgIpc) is 2.72. The molecular weight excluding hydrogens is 178 g/mol. The second-order valence-corrected chi connectivity index (χ2v) is 3.54. The van der Waals surface area contributed by atoms with Gasteiger partial charge in [-0.05, 0) is 24.8 Å². The third kappa shape index (κ3) is 2.67. The molecule has 4 heteroatoms. The van der Waals surface area contributed by atoms with Crippen LogP contribution in [0.15, 0.2) is 18.6 Å². The highest BCUT2D eigenvalue weighted by Crippen LogP contribution is 2.15. The zero-order chi connectivity index (χ0) is 9.64. The highest BCUT2D eigenvalue weighted by atomic mass is 16.5. The topological polar surface area (TPSA) is 47.0 Å². The molecule has 0 aromatic carbocycles. The van der Waals surface area contributed by atoms with Gasteiger partial charge in [0.2, 0.25) is 0 Å². The number of hydrogen-bond acceptors (Lipinski definition) is 4. The summed E-state index contributed by atoms with van der Waals surface area (Å²) in [4.78, 5) is 7.95. The third-order valence-electron chi connectivity index (χ3n) is 2.46. The molecule has 4 nitrogen and oxygen atoms in total. The maximum Gasteiger partial charge on any atom is 0.129 e. The number of nitrogens with zero attached hydrogens (tertiary/aromatic N) is 2. The van der Waals surface area contributed by atoms with Gasteiger partial charge in [-0.25, -0.2) is 9.97 Å². The number of anilines is 1. The first kappa shape index (κ1) is 9.40. The third-order valence-corrected chi connectivity index (χ3v) is 2.46. The van der Waals surface area contributed by atoms with Crippen molar-refractivity contribution in [3.8, 4) is 0 Å².